The molecule has 4 rings (SSSR count). The van der Waals surface area contributed by atoms with Gasteiger partial charge >= 0.3 is 0 Å². The number of para-hydroxylation sites is 1. The molecule has 5 heteroatoms. The van der Waals surface area contributed by atoms with Crippen LogP contribution in [-0.4, -0.2) is 35.3 Å². The summed E-state index contributed by atoms with van der Waals surface area (Å²) in [5.74, 6) is 0. The van der Waals surface area contributed by atoms with E-state index < -0.39 is 6.17 Å². The van der Waals surface area contributed by atoms with Crippen molar-refractivity contribution in [2.45, 2.75) is 31.6 Å². The van der Waals surface area contributed by atoms with Gasteiger partial charge in [-0.1, -0.05) is 48.5 Å². The van der Waals surface area contributed by atoms with Gasteiger partial charge in [0.2, 0.25) is 0 Å². The van der Waals surface area contributed by atoms with Crippen molar-refractivity contribution in [1.29, 1.82) is 0 Å². The second-order valence-electron chi connectivity index (χ2n) is 7.86. The van der Waals surface area contributed by atoms with Gasteiger partial charge in [-0.15, -0.1) is 0 Å². The van der Waals surface area contributed by atoms with E-state index in [0.29, 0.717) is 19.4 Å². The third-order valence-electron chi connectivity index (χ3n) is 5.94. The number of fused-ring (bicyclic) bond motifs is 1. The first-order valence-corrected chi connectivity index (χ1v) is 10.3. The van der Waals surface area contributed by atoms with E-state index >= 15 is 0 Å². The maximum absolute atomic E-state index is 13.6. The smallest absolute Gasteiger partial charge is 0.255 e. The van der Waals surface area contributed by atoms with E-state index in [4.69, 9.17) is 0 Å². The highest BCUT2D eigenvalue weighted by molar-refractivity contribution is 5.79. The first-order chi connectivity index (χ1) is 14.1. The van der Waals surface area contributed by atoms with Crippen molar-refractivity contribution < 1.29 is 4.39 Å². The highest BCUT2D eigenvalue weighted by Crippen LogP contribution is 2.25. The van der Waals surface area contributed by atoms with E-state index in [0.717, 1.165) is 36.1 Å². The van der Waals surface area contributed by atoms with E-state index in [-0.39, 0.29) is 11.6 Å². The number of aryl methyl sites for hydroxylation is 1. The Hall–Kier alpha value is -2.50. The van der Waals surface area contributed by atoms with Crippen molar-refractivity contribution in [3.63, 3.8) is 0 Å². The molecule has 1 N–H and O–H groups in total. The molecule has 29 heavy (non-hydrogen) atoms. The molecule has 2 heterocycles. The number of alkyl halides is 1. The van der Waals surface area contributed by atoms with Crippen molar-refractivity contribution in [3.8, 4) is 0 Å². The number of benzene rings is 2. The van der Waals surface area contributed by atoms with Crippen LogP contribution in [0.3, 0.4) is 0 Å². The summed E-state index contributed by atoms with van der Waals surface area (Å²) in [6.07, 6.45) is 0.500. The number of nitrogens with one attached hydrogen (secondary N) is 1. The Kier molecular flexibility index (Phi) is 6.07. The molecule has 1 aliphatic rings. The Labute approximate surface area is 171 Å². The summed E-state index contributed by atoms with van der Waals surface area (Å²) in [7, 11) is 1.82. The first-order valence-electron chi connectivity index (χ1n) is 10.3. The fourth-order valence-corrected chi connectivity index (χ4v) is 4.27. The van der Waals surface area contributed by atoms with Crippen molar-refractivity contribution in [2.75, 3.05) is 19.6 Å². The van der Waals surface area contributed by atoms with E-state index in [1.54, 1.807) is 4.57 Å². The van der Waals surface area contributed by atoms with Crippen LogP contribution in [0, 0.1) is 0 Å². The number of aromatic nitrogens is 1. The lowest BCUT2D eigenvalue weighted by Crippen LogP contribution is -2.41. The summed E-state index contributed by atoms with van der Waals surface area (Å²) in [6, 6.07) is 20.5. The monoisotopic (exact) mass is 393 g/mol. The minimum Gasteiger partial charge on any atom is -0.311 e. The molecule has 3 aromatic rings. The Bertz CT molecular complexity index is 1010. The van der Waals surface area contributed by atoms with Crippen molar-refractivity contribution in [2.24, 2.45) is 7.05 Å². The van der Waals surface area contributed by atoms with E-state index in [2.05, 4.69) is 22.3 Å². The van der Waals surface area contributed by atoms with Gasteiger partial charge in [-0.2, -0.15) is 0 Å². The number of piperidine rings is 1. The molecule has 1 unspecified atom stereocenters. The Morgan fingerprint density at radius 1 is 1.07 bits per heavy atom. The molecule has 1 atom stereocenters. The van der Waals surface area contributed by atoms with Crippen molar-refractivity contribution >= 4 is 10.9 Å². The summed E-state index contributed by atoms with van der Waals surface area (Å²) in [5, 5.41) is 4.56. The maximum atomic E-state index is 13.6. The number of hydrogen-bond acceptors (Lipinski definition) is 3. The van der Waals surface area contributed by atoms with Gasteiger partial charge in [0.25, 0.3) is 5.56 Å². The third-order valence-corrected chi connectivity index (χ3v) is 5.94. The second-order valence-corrected chi connectivity index (χ2v) is 7.86. The minimum atomic E-state index is -0.684. The molecule has 1 saturated heterocycles. The number of likely N-dealkylation sites (tertiary alicyclic amines) is 1. The van der Waals surface area contributed by atoms with Gasteiger partial charge in [-0.25, -0.2) is 4.39 Å². The fraction of sp³-hybridized carbons (Fsp3) is 0.375. The van der Waals surface area contributed by atoms with Gasteiger partial charge in [-0.05, 0) is 35.9 Å². The molecule has 0 saturated carbocycles. The molecular weight excluding hydrogens is 365 g/mol. The fourth-order valence-electron chi connectivity index (χ4n) is 4.27. The van der Waals surface area contributed by atoms with Crippen LogP contribution < -0.4 is 10.9 Å². The van der Waals surface area contributed by atoms with E-state index in [1.165, 1.54) is 5.56 Å². The summed E-state index contributed by atoms with van der Waals surface area (Å²) < 4.78 is 15.3. The summed E-state index contributed by atoms with van der Waals surface area (Å²) in [4.78, 5) is 15.1. The molecule has 152 valence electrons. The Balaban J connectivity index is 1.50. The van der Waals surface area contributed by atoms with Crippen molar-refractivity contribution in [1.82, 2.24) is 14.8 Å². The van der Waals surface area contributed by atoms with Crippen molar-refractivity contribution in [3.05, 3.63) is 82.1 Å². The topological polar surface area (TPSA) is 37.3 Å². The Morgan fingerprint density at radius 2 is 1.76 bits per heavy atom. The predicted molar refractivity (Wildman–Crippen MR) is 116 cm³/mol. The summed E-state index contributed by atoms with van der Waals surface area (Å²) in [5.41, 5.74) is 2.97. The zero-order chi connectivity index (χ0) is 20.2. The van der Waals surface area contributed by atoms with Gasteiger partial charge in [0.1, 0.15) is 6.17 Å². The van der Waals surface area contributed by atoms with Crippen LogP contribution in [0.1, 0.15) is 30.0 Å². The molecule has 1 aromatic heterocycles. The minimum absolute atomic E-state index is 0.0331. The zero-order valence-electron chi connectivity index (χ0n) is 16.9. The standard InChI is InChI=1S/C24H28FN3O/c1-27-22-10-6-5-9-19(22)15-20(24(27)29)16-26-17-23(18-7-3-2-4-8-18)28-13-11-21(25)12-14-28/h2-10,15,21,23,26H,11-14,16-17H2,1H3. The molecule has 0 bridgehead atoms. The van der Waals surface area contributed by atoms with Crippen LogP contribution in [0.25, 0.3) is 10.9 Å². The average Bonchev–Trinajstić information content (AvgIpc) is 2.76. The number of rotatable bonds is 6. The number of nitrogens with zero attached hydrogens (tertiary/aromatic N) is 2. The number of halogens is 1. The average molecular weight is 394 g/mol. The predicted octanol–water partition coefficient (Wildman–Crippen LogP) is 3.80. The van der Waals surface area contributed by atoms with Crippen LogP contribution in [0.5, 0.6) is 0 Å². The third kappa shape index (κ3) is 4.41. The van der Waals surface area contributed by atoms with E-state index in [1.807, 2.05) is 55.6 Å². The number of pyridine rings is 1. The summed E-state index contributed by atoms with van der Waals surface area (Å²) >= 11 is 0. The lowest BCUT2D eigenvalue weighted by Gasteiger charge is -2.36. The molecule has 0 aliphatic carbocycles. The zero-order valence-corrected chi connectivity index (χ0v) is 16.9. The van der Waals surface area contributed by atoms with Crippen LogP contribution in [0.15, 0.2) is 65.5 Å². The lowest BCUT2D eigenvalue weighted by molar-refractivity contribution is 0.109. The van der Waals surface area contributed by atoms with Gasteiger partial charge < -0.3 is 9.88 Å². The largest absolute Gasteiger partial charge is 0.311 e. The molecule has 1 aliphatic heterocycles. The normalized spacial score (nSPS) is 16.9. The molecule has 4 nitrogen and oxygen atoms in total. The highest BCUT2D eigenvalue weighted by Gasteiger charge is 2.25. The van der Waals surface area contributed by atoms with Gasteiger partial charge in [-0.3, -0.25) is 9.69 Å². The maximum Gasteiger partial charge on any atom is 0.255 e. The van der Waals surface area contributed by atoms with Crippen LogP contribution in [0.2, 0.25) is 0 Å². The molecule has 0 radical (unpaired) electrons. The van der Waals surface area contributed by atoms with Gasteiger partial charge in [0.05, 0.1) is 5.52 Å². The SMILES string of the molecule is Cn1c(=O)c(CNCC(c2ccccc2)N2CCC(F)CC2)cc2ccccc21. The van der Waals surface area contributed by atoms with Crippen LogP contribution in [-0.2, 0) is 13.6 Å². The van der Waals surface area contributed by atoms with Gasteiger partial charge in [0, 0.05) is 44.8 Å². The highest BCUT2D eigenvalue weighted by atomic mass is 19.1. The lowest BCUT2D eigenvalue weighted by atomic mass is 10.0. The van der Waals surface area contributed by atoms with Gasteiger partial charge in [0.15, 0.2) is 0 Å². The molecule has 2 aromatic carbocycles. The summed E-state index contributed by atoms with van der Waals surface area (Å²) in [6.45, 7) is 2.76. The molecule has 0 amide bonds. The first kappa shape index (κ1) is 19.8. The van der Waals surface area contributed by atoms with Crippen LogP contribution in [0.4, 0.5) is 4.39 Å². The second kappa shape index (κ2) is 8.89. The Morgan fingerprint density at radius 3 is 2.52 bits per heavy atom. The van der Waals surface area contributed by atoms with E-state index in [9.17, 15) is 9.18 Å². The quantitative estimate of drug-likeness (QED) is 0.692. The molecule has 1 fully saturated rings. The number of hydrogen-bond donors (Lipinski definition) is 1. The van der Waals surface area contributed by atoms with Crippen LogP contribution >= 0.6 is 0 Å². The molecule has 0 spiro atoms. The molecular formula is C24H28FN3O.